The van der Waals surface area contributed by atoms with Crippen molar-refractivity contribution in [2.45, 2.75) is 6.92 Å². The van der Waals surface area contributed by atoms with E-state index >= 15 is 0 Å². The molecule has 0 saturated heterocycles. The van der Waals surface area contributed by atoms with Crippen LogP contribution in [0.25, 0.3) is 0 Å². The van der Waals surface area contributed by atoms with Crippen LogP contribution in [0.4, 0.5) is 0 Å². The summed E-state index contributed by atoms with van der Waals surface area (Å²) in [4.78, 5) is 11.0. The number of carbonyl (C=O) groups is 1. The van der Waals surface area contributed by atoms with Crippen molar-refractivity contribution < 1.29 is 13.2 Å². The molecule has 1 unspecified atom stereocenters. The number of hydrogen-bond acceptors (Lipinski definition) is 4. The van der Waals surface area contributed by atoms with Crippen molar-refractivity contribution in [2.75, 3.05) is 19.3 Å². The van der Waals surface area contributed by atoms with Gasteiger partial charge in [0.25, 0.3) is 0 Å². The molecule has 0 aliphatic carbocycles. The van der Waals surface area contributed by atoms with E-state index in [1.807, 2.05) is 0 Å². The smallest absolute Gasteiger partial charge is 0.237 e. The van der Waals surface area contributed by atoms with Gasteiger partial charge in [-0.3, -0.25) is 4.79 Å². The van der Waals surface area contributed by atoms with E-state index in [0.717, 1.165) is 6.26 Å². The highest BCUT2D eigenvalue weighted by atomic mass is 32.2. The molecule has 0 bridgehead atoms. The Balaban J connectivity index is 3.67. The van der Waals surface area contributed by atoms with Crippen molar-refractivity contribution in [3.8, 4) is 6.07 Å². The quantitative estimate of drug-likeness (QED) is 0.568. The average molecular weight is 219 g/mol. The van der Waals surface area contributed by atoms with Gasteiger partial charge in [-0.15, -0.1) is 0 Å². The zero-order chi connectivity index (χ0) is 11.2. The van der Waals surface area contributed by atoms with Crippen LogP contribution in [0.3, 0.4) is 0 Å². The Hall–Kier alpha value is -1.13. The van der Waals surface area contributed by atoms with Crippen molar-refractivity contribution in [1.29, 1.82) is 5.26 Å². The number of nitriles is 1. The van der Waals surface area contributed by atoms with E-state index in [2.05, 4.69) is 10.0 Å². The maximum Gasteiger partial charge on any atom is 0.237 e. The number of amides is 1. The van der Waals surface area contributed by atoms with Crippen LogP contribution in [0.1, 0.15) is 6.92 Å². The average Bonchev–Trinajstić information content (AvgIpc) is 2.09. The highest BCUT2D eigenvalue weighted by molar-refractivity contribution is 7.88. The Morgan fingerprint density at radius 3 is 2.50 bits per heavy atom. The summed E-state index contributed by atoms with van der Waals surface area (Å²) in [6.45, 7) is 1.78. The summed E-state index contributed by atoms with van der Waals surface area (Å²) in [6, 6.07) is 1.77. The molecule has 0 fully saturated rings. The van der Waals surface area contributed by atoms with E-state index in [1.54, 1.807) is 6.07 Å². The lowest BCUT2D eigenvalue weighted by atomic mass is 10.2. The van der Waals surface area contributed by atoms with E-state index in [4.69, 9.17) is 5.26 Å². The van der Waals surface area contributed by atoms with Crippen LogP contribution in [-0.4, -0.2) is 33.7 Å². The number of nitrogens with zero attached hydrogens (tertiary/aromatic N) is 1. The number of sulfonamides is 1. The molecule has 6 nitrogen and oxygen atoms in total. The van der Waals surface area contributed by atoms with Crippen molar-refractivity contribution in [3.63, 3.8) is 0 Å². The Morgan fingerprint density at radius 1 is 1.50 bits per heavy atom. The van der Waals surface area contributed by atoms with Gasteiger partial charge in [0.2, 0.25) is 15.9 Å². The molecule has 0 rings (SSSR count). The van der Waals surface area contributed by atoms with Gasteiger partial charge < -0.3 is 5.32 Å². The monoisotopic (exact) mass is 219 g/mol. The molecule has 0 spiro atoms. The van der Waals surface area contributed by atoms with Crippen LogP contribution < -0.4 is 10.0 Å². The fourth-order valence-corrected chi connectivity index (χ4v) is 1.11. The summed E-state index contributed by atoms with van der Waals surface area (Å²) in [5.74, 6) is -1.11. The van der Waals surface area contributed by atoms with E-state index in [0.29, 0.717) is 0 Å². The fourth-order valence-electron chi connectivity index (χ4n) is 0.634. The Kier molecular flexibility index (Phi) is 5.12. The molecule has 0 aliphatic rings. The molecule has 0 radical (unpaired) electrons. The number of hydrogen-bond donors (Lipinski definition) is 2. The van der Waals surface area contributed by atoms with Crippen molar-refractivity contribution >= 4 is 15.9 Å². The first kappa shape index (κ1) is 12.9. The van der Waals surface area contributed by atoms with Crippen LogP contribution in [-0.2, 0) is 14.8 Å². The first-order valence-electron chi connectivity index (χ1n) is 3.99. The second-order valence-electron chi connectivity index (χ2n) is 2.81. The lowest BCUT2D eigenvalue weighted by Gasteiger charge is -2.05. The van der Waals surface area contributed by atoms with Gasteiger partial charge in [0.15, 0.2) is 0 Å². The van der Waals surface area contributed by atoms with Gasteiger partial charge in [0.1, 0.15) is 5.92 Å². The first-order chi connectivity index (χ1) is 6.37. The summed E-state index contributed by atoms with van der Waals surface area (Å²) < 4.78 is 23.4. The van der Waals surface area contributed by atoms with E-state index in [9.17, 15) is 13.2 Å². The van der Waals surface area contributed by atoms with Crippen molar-refractivity contribution in [2.24, 2.45) is 5.92 Å². The molecular weight excluding hydrogens is 206 g/mol. The minimum atomic E-state index is -3.21. The van der Waals surface area contributed by atoms with Crippen LogP contribution in [0, 0.1) is 17.2 Å². The minimum Gasteiger partial charge on any atom is -0.354 e. The molecule has 0 aliphatic heterocycles. The summed E-state index contributed by atoms with van der Waals surface area (Å²) in [5.41, 5.74) is 0. The van der Waals surface area contributed by atoms with E-state index < -0.39 is 21.8 Å². The third-order valence-electron chi connectivity index (χ3n) is 1.38. The molecule has 2 N–H and O–H groups in total. The molecule has 0 aromatic carbocycles. The number of rotatable bonds is 5. The van der Waals surface area contributed by atoms with E-state index in [-0.39, 0.29) is 13.1 Å². The highest BCUT2D eigenvalue weighted by Crippen LogP contribution is 1.89. The van der Waals surface area contributed by atoms with Crippen LogP contribution in [0.15, 0.2) is 0 Å². The SMILES string of the molecule is CC(C#N)C(=O)NCCNS(C)(=O)=O. The standard InChI is InChI=1S/C7H13N3O3S/c1-6(5-8)7(11)9-3-4-10-14(2,12)13/h6,10H,3-4H2,1-2H3,(H,9,11). The fraction of sp³-hybridized carbons (Fsp3) is 0.714. The zero-order valence-electron chi connectivity index (χ0n) is 8.07. The molecule has 0 saturated carbocycles. The lowest BCUT2D eigenvalue weighted by molar-refractivity contribution is -0.122. The van der Waals surface area contributed by atoms with Gasteiger partial charge >= 0.3 is 0 Å². The molecule has 7 heteroatoms. The Bertz CT molecular complexity index is 331. The minimum absolute atomic E-state index is 0.128. The Labute approximate surface area is 83.3 Å². The number of nitrogens with one attached hydrogen (secondary N) is 2. The highest BCUT2D eigenvalue weighted by Gasteiger charge is 2.10. The van der Waals surface area contributed by atoms with Crippen molar-refractivity contribution in [1.82, 2.24) is 10.0 Å². The molecule has 0 heterocycles. The molecule has 14 heavy (non-hydrogen) atoms. The van der Waals surface area contributed by atoms with Crippen molar-refractivity contribution in [3.05, 3.63) is 0 Å². The maximum atomic E-state index is 11.0. The van der Waals surface area contributed by atoms with Gasteiger partial charge in [-0.25, -0.2) is 13.1 Å². The molecule has 0 aromatic rings. The molecule has 80 valence electrons. The van der Waals surface area contributed by atoms with Crippen LogP contribution >= 0.6 is 0 Å². The lowest BCUT2D eigenvalue weighted by Crippen LogP contribution is -2.36. The van der Waals surface area contributed by atoms with Crippen LogP contribution in [0.5, 0.6) is 0 Å². The maximum absolute atomic E-state index is 11.0. The second kappa shape index (κ2) is 5.57. The molecule has 0 aromatic heterocycles. The summed E-state index contributed by atoms with van der Waals surface area (Å²) in [5, 5.41) is 10.8. The largest absolute Gasteiger partial charge is 0.354 e. The van der Waals surface area contributed by atoms with Gasteiger partial charge in [-0.2, -0.15) is 5.26 Å². The molecule has 1 amide bonds. The predicted octanol–water partition coefficient (Wildman–Crippen LogP) is -1.19. The molecular formula is C7H13N3O3S. The second-order valence-corrected chi connectivity index (χ2v) is 4.64. The Morgan fingerprint density at radius 2 is 2.07 bits per heavy atom. The zero-order valence-corrected chi connectivity index (χ0v) is 8.89. The number of carbonyl (C=O) groups excluding carboxylic acids is 1. The van der Waals surface area contributed by atoms with E-state index in [1.165, 1.54) is 6.92 Å². The normalized spacial score (nSPS) is 12.9. The molecule has 1 atom stereocenters. The topological polar surface area (TPSA) is 99.1 Å². The third-order valence-corrected chi connectivity index (χ3v) is 2.10. The summed E-state index contributed by atoms with van der Waals surface area (Å²) in [6.07, 6.45) is 1.03. The third kappa shape index (κ3) is 6.39. The van der Waals surface area contributed by atoms with Gasteiger partial charge in [0.05, 0.1) is 12.3 Å². The van der Waals surface area contributed by atoms with Crippen LogP contribution in [0.2, 0.25) is 0 Å². The van der Waals surface area contributed by atoms with Gasteiger partial charge in [-0.1, -0.05) is 0 Å². The predicted molar refractivity (Wildman–Crippen MR) is 50.6 cm³/mol. The summed E-state index contributed by atoms with van der Waals surface area (Å²) in [7, 11) is -3.21. The summed E-state index contributed by atoms with van der Waals surface area (Å²) >= 11 is 0. The van der Waals surface area contributed by atoms with Gasteiger partial charge in [0, 0.05) is 13.1 Å². The van der Waals surface area contributed by atoms with Gasteiger partial charge in [-0.05, 0) is 6.92 Å². The first-order valence-corrected chi connectivity index (χ1v) is 5.88.